The van der Waals surface area contributed by atoms with Crippen molar-refractivity contribution >= 4 is 5.97 Å². The van der Waals surface area contributed by atoms with Crippen molar-refractivity contribution < 1.29 is 15.0 Å². The van der Waals surface area contributed by atoms with Crippen LogP contribution < -0.4 is 0 Å². The zero-order chi connectivity index (χ0) is 24.4. The van der Waals surface area contributed by atoms with Gasteiger partial charge in [0.25, 0.3) is 0 Å². The Labute approximate surface area is 202 Å². The number of rotatable bonds is 5. The molecule has 3 heteroatoms. The van der Waals surface area contributed by atoms with E-state index >= 15 is 0 Å². The van der Waals surface area contributed by atoms with E-state index < -0.39 is 5.97 Å². The van der Waals surface area contributed by atoms with Crippen molar-refractivity contribution in [3.05, 3.63) is 23.3 Å². The molecule has 3 saturated carbocycles. The largest absolute Gasteiger partial charge is 0.478 e. The third kappa shape index (κ3) is 3.58. The standard InChI is InChI=1S/C30H48O3/c1-19(9-8-10-20(2)26(32)33)21-13-17-30(7)23-11-12-24-27(3,4)25(31)15-16-28(24,5)22(23)14-18-29(21,30)6/h10,14,19,21,23-25,31H,8-9,11-13,15-18H2,1-7H3,(H,32,33)/t19-,21-,23?,24?,25+,28-,29-,30+/m1/s1. The molecular weight excluding hydrogens is 408 g/mol. The minimum Gasteiger partial charge on any atom is -0.478 e. The van der Waals surface area contributed by atoms with E-state index in [9.17, 15) is 9.90 Å². The summed E-state index contributed by atoms with van der Waals surface area (Å²) in [6.45, 7) is 16.5. The van der Waals surface area contributed by atoms with E-state index in [-0.39, 0.29) is 16.9 Å². The van der Waals surface area contributed by atoms with E-state index in [0.717, 1.165) is 25.7 Å². The van der Waals surface area contributed by atoms with Gasteiger partial charge in [-0.05, 0) is 110 Å². The van der Waals surface area contributed by atoms with Crippen LogP contribution in [0.25, 0.3) is 0 Å². The molecule has 4 aliphatic carbocycles. The van der Waals surface area contributed by atoms with E-state index in [1.54, 1.807) is 12.5 Å². The lowest BCUT2D eigenvalue weighted by atomic mass is 9.41. The molecule has 0 heterocycles. The molecule has 2 unspecified atom stereocenters. The van der Waals surface area contributed by atoms with Crippen molar-refractivity contribution in [1.82, 2.24) is 0 Å². The van der Waals surface area contributed by atoms with Gasteiger partial charge in [0.1, 0.15) is 0 Å². The van der Waals surface area contributed by atoms with Crippen molar-refractivity contribution in [3.63, 3.8) is 0 Å². The van der Waals surface area contributed by atoms with Gasteiger partial charge in [-0.3, -0.25) is 0 Å². The molecule has 3 nitrogen and oxygen atoms in total. The van der Waals surface area contributed by atoms with Crippen molar-refractivity contribution in [2.75, 3.05) is 0 Å². The first-order valence-corrected chi connectivity index (χ1v) is 13.6. The summed E-state index contributed by atoms with van der Waals surface area (Å²) in [7, 11) is 0. The van der Waals surface area contributed by atoms with Gasteiger partial charge in [0, 0.05) is 5.57 Å². The molecule has 0 aliphatic heterocycles. The van der Waals surface area contributed by atoms with Gasteiger partial charge in [-0.1, -0.05) is 59.3 Å². The number of aliphatic hydroxyl groups excluding tert-OH is 1. The highest BCUT2D eigenvalue weighted by molar-refractivity contribution is 5.85. The van der Waals surface area contributed by atoms with Crippen LogP contribution in [0.3, 0.4) is 0 Å². The summed E-state index contributed by atoms with van der Waals surface area (Å²) in [5.74, 6) is 1.77. The SMILES string of the molecule is CC(=CCC[C@@H](C)[C@H]1CC[C@@]2(C)C3CCC4C(C)(C)[C@@H](O)CC[C@]4(C)C3=CC[C@]12C)C(=O)O. The first kappa shape index (κ1) is 25.0. The Bertz CT molecular complexity index is 853. The van der Waals surface area contributed by atoms with Crippen LogP contribution in [0, 0.1) is 45.3 Å². The zero-order valence-corrected chi connectivity index (χ0v) is 22.2. The van der Waals surface area contributed by atoms with E-state index in [0.29, 0.717) is 40.1 Å². The third-order valence-electron chi connectivity index (χ3n) is 12.0. The average molecular weight is 457 g/mol. The van der Waals surface area contributed by atoms with Crippen LogP contribution in [0.15, 0.2) is 23.3 Å². The molecule has 0 spiro atoms. The number of hydrogen-bond acceptors (Lipinski definition) is 2. The maximum atomic E-state index is 11.1. The summed E-state index contributed by atoms with van der Waals surface area (Å²) in [6, 6.07) is 0. The highest BCUT2D eigenvalue weighted by Gasteiger charge is 2.65. The number of allylic oxidation sites excluding steroid dienone is 3. The molecule has 0 amide bonds. The normalized spacial score (nSPS) is 45.5. The zero-order valence-electron chi connectivity index (χ0n) is 22.2. The van der Waals surface area contributed by atoms with Crippen LogP contribution >= 0.6 is 0 Å². The fourth-order valence-corrected chi connectivity index (χ4v) is 9.52. The number of carboxylic acid groups (broad SMARTS) is 1. The van der Waals surface area contributed by atoms with Gasteiger partial charge in [0.05, 0.1) is 6.10 Å². The molecular formula is C30H48O3. The predicted octanol–water partition coefficient (Wildman–Crippen LogP) is 7.40. The van der Waals surface area contributed by atoms with Gasteiger partial charge in [0.15, 0.2) is 0 Å². The minimum absolute atomic E-state index is 0.00517. The Morgan fingerprint density at radius 3 is 2.45 bits per heavy atom. The maximum Gasteiger partial charge on any atom is 0.330 e. The van der Waals surface area contributed by atoms with Gasteiger partial charge in [-0.2, -0.15) is 0 Å². The Morgan fingerprint density at radius 1 is 1.09 bits per heavy atom. The fourth-order valence-electron chi connectivity index (χ4n) is 9.52. The summed E-state index contributed by atoms with van der Waals surface area (Å²) in [4.78, 5) is 11.1. The molecule has 0 aromatic carbocycles. The van der Waals surface area contributed by atoms with Crippen LogP contribution in [0.1, 0.15) is 106 Å². The molecule has 4 rings (SSSR count). The Hall–Kier alpha value is -1.09. The summed E-state index contributed by atoms with van der Waals surface area (Å²) in [5, 5.41) is 20.0. The van der Waals surface area contributed by atoms with E-state index in [4.69, 9.17) is 5.11 Å². The first-order chi connectivity index (χ1) is 15.3. The quantitative estimate of drug-likeness (QED) is 0.335. The second-order valence-corrected chi connectivity index (χ2v) is 13.6. The summed E-state index contributed by atoms with van der Waals surface area (Å²) < 4.78 is 0. The lowest BCUT2D eigenvalue weighted by Gasteiger charge is -2.64. The van der Waals surface area contributed by atoms with Gasteiger partial charge in [-0.25, -0.2) is 4.79 Å². The molecule has 33 heavy (non-hydrogen) atoms. The Balaban J connectivity index is 1.59. The highest BCUT2D eigenvalue weighted by atomic mass is 16.4. The highest BCUT2D eigenvalue weighted by Crippen LogP contribution is 2.73. The van der Waals surface area contributed by atoms with Gasteiger partial charge in [0.2, 0.25) is 0 Å². The summed E-state index contributed by atoms with van der Waals surface area (Å²) in [5.41, 5.74) is 3.11. The summed E-state index contributed by atoms with van der Waals surface area (Å²) in [6.07, 6.45) is 14.7. The fraction of sp³-hybridized carbons (Fsp3) is 0.833. The molecule has 0 aromatic heterocycles. The molecule has 3 fully saturated rings. The smallest absolute Gasteiger partial charge is 0.330 e. The molecule has 8 atom stereocenters. The van der Waals surface area contributed by atoms with Crippen LogP contribution in [-0.2, 0) is 4.79 Å². The molecule has 0 bridgehead atoms. The average Bonchev–Trinajstić information content (AvgIpc) is 3.02. The van der Waals surface area contributed by atoms with Crippen LogP contribution in [0.4, 0.5) is 0 Å². The number of fused-ring (bicyclic) bond motifs is 5. The van der Waals surface area contributed by atoms with Gasteiger partial charge in [-0.15, -0.1) is 0 Å². The molecule has 0 aromatic rings. The van der Waals surface area contributed by atoms with Crippen molar-refractivity contribution in [2.24, 2.45) is 45.3 Å². The van der Waals surface area contributed by atoms with Crippen molar-refractivity contribution in [1.29, 1.82) is 0 Å². The van der Waals surface area contributed by atoms with Crippen LogP contribution in [-0.4, -0.2) is 22.3 Å². The minimum atomic E-state index is -0.796. The number of aliphatic hydroxyl groups is 1. The Morgan fingerprint density at radius 2 is 1.79 bits per heavy atom. The van der Waals surface area contributed by atoms with E-state index in [2.05, 4.69) is 47.6 Å². The number of carbonyl (C=O) groups is 1. The van der Waals surface area contributed by atoms with Gasteiger partial charge >= 0.3 is 5.97 Å². The second-order valence-electron chi connectivity index (χ2n) is 13.6. The molecule has 2 N–H and O–H groups in total. The summed E-state index contributed by atoms with van der Waals surface area (Å²) >= 11 is 0. The van der Waals surface area contributed by atoms with E-state index in [1.165, 1.54) is 32.1 Å². The monoisotopic (exact) mass is 456 g/mol. The van der Waals surface area contributed by atoms with Crippen molar-refractivity contribution in [3.8, 4) is 0 Å². The lowest BCUT2D eigenvalue weighted by Crippen LogP contribution is -2.57. The van der Waals surface area contributed by atoms with Crippen LogP contribution in [0.2, 0.25) is 0 Å². The van der Waals surface area contributed by atoms with Gasteiger partial charge < -0.3 is 10.2 Å². The first-order valence-electron chi connectivity index (χ1n) is 13.6. The number of aliphatic carboxylic acids is 1. The number of hydrogen-bond donors (Lipinski definition) is 2. The van der Waals surface area contributed by atoms with Crippen molar-refractivity contribution in [2.45, 2.75) is 112 Å². The second kappa shape index (κ2) is 8.25. The topological polar surface area (TPSA) is 57.5 Å². The Kier molecular flexibility index (Phi) is 6.25. The molecule has 0 saturated heterocycles. The van der Waals surface area contributed by atoms with Crippen LogP contribution in [0.5, 0.6) is 0 Å². The predicted molar refractivity (Wildman–Crippen MR) is 135 cm³/mol. The van der Waals surface area contributed by atoms with E-state index in [1.807, 2.05) is 6.08 Å². The molecule has 186 valence electrons. The third-order valence-corrected chi connectivity index (χ3v) is 12.0. The number of carboxylic acids is 1. The maximum absolute atomic E-state index is 11.1. The molecule has 0 radical (unpaired) electrons. The molecule has 4 aliphatic rings. The lowest BCUT2D eigenvalue weighted by molar-refractivity contribution is -0.132.